The van der Waals surface area contributed by atoms with Crippen molar-refractivity contribution in [2.45, 2.75) is 19.3 Å². The van der Waals surface area contributed by atoms with Crippen molar-refractivity contribution in [2.24, 2.45) is 7.05 Å². The van der Waals surface area contributed by atoms with Crippen LogP contribution in [0.2, 0.25) is 0 Å². The number of rotatable bonds is 0. The van der Waals surface area contributed by atoms with Gasteiger partial charge in [0.15, 0.2) is 0 Å². The number of amides is 1. The van der Waals surface area contributed by atoms with Gasteiger partial charge in [0.1, 0.15) is 9.52 Å². The van der Waals surface area contributed by atoms with E-state index in [9.17, 15) is 4.79 Å². The molecule has 1 atom stereocenters. The largest absolute Gasteiger partial charge is 0.312 e. The molecule has 0 radical (unpaired) electrons. The lowest BCUT2D eigenvalue weighted by Gasteiger charge is -2.25. The summed E-state index contributed by atoms with van der Waals surface area (Å²) in [6, 6.07) is 0. The molecule has 0 fully saturated rings. The molecule has 15 heavy (non-hydrogen) atoms. The van der Waals surface area contributed by atoms with Gasteiger partial charge in [-0.05, 0) is 28.5 Å². The summed E-state index contributed by atoms with van der Waals surface area (Å²) < 4.78 is 2.41. The minimum atomic E-state index is 0.00648. The second kappa shape index (κ2) is 3.58. The predicted molar refractivity (Wildman–Crippen MR) is 63.4 cm³/mol. The number of nitrogens with one attached hydrogen (secondary N) is 2. The van der Waals surface area contributed by atoms with Crippen molar-refractivity contribution in [3.63, 3.8) is 0 Å². The van der Waals surface area contributed by atoms with Crippen LogP contribution in [0.5, 0.6) is 0 Å². The first-order valence-corrected chi connectivity index (χ1v) is 5.69. The zero-order valence-corrected chi connectivity index (χ0v) is 10.6. The maximum atomic E-state index is 11.4. The van der Waals surface area contributed by atoms with E-state index >= 15 is 0 Å². The molecule has 2 rings (SSSR count). The van der Waals surface area contributed by atoms with E-state index in [1.165, 1.54) is 0 Å². The van der Waals surface area contributed by atoms with Gasteiger partial charge in [0, 0.05) is 19.0 Å². The van der Waals surface area contributed by atoms with Gasteiger partial charge in [0.25, 0.3) is 0 Å². The molecule has 0 bridgehead atoms. The highest BCUT2D eigenvalue weighted by Gasteiger charge is 2.26. The molecule has 5 nitrogen and oxygen atoms in total. The van der Waals surface area contributed by atoms with Crippen LogP contribution in [0.25, 0.3) is 0 Å². The van der Waals surface area contributed by atoms with Crippen LogP contribution in [-0.4, -0.2) is 15.5 Å². The number of nitrogens with zero attached hydrogens (tertiary/aromatic N) is 2. The first-order chi connectivity index (χ1) is 7.00. The number of carbonyl (C=O) groups is 1. The van der Waals surface area contributed by atoms with Crippen LogP contribution in [0, 0.1) is 9.11 Å². The Labute approximate surface area is 101 Å². The molecule has 2 heterocycles. The molecule has 1 aliphatic rings. The fourth-order valence-corrected chi connectivity index (χ4v) is 2.78. The number of anilines is 1. The highest BCUT2D eigenvalue weighted by Crippen LogP contribution is 2.32. The Morgan fingerprint density at radius 2 is 2.33 bits per heavy atom. The summed E-state index contributed by atoms with van der Waals surface area (Å²) in [4.78, 5) is 15.5. The summed E-state index contributed by atoms with van der Waals surface area (Å²) in [6.45, 7) is 2.00. The van der Waals surface area contributed by atoms with Crippen LogP contribution in [0.1, 0.15) is 24.8 Å². The Bertz CT molecular complexity index is 494. The van der Waals surface area contributed by atoms with Gasteiger partial charge in [0.2, 0.25) is 11.5 Å². The van der Waals surface area contributed by atoms with E-state index in [2.05, 4.69) is 32.9 Å². The van der Waals surface area contributed by atoms with Gasteiger partial charge in [-0.3, -0.25) is 14.8 Å². The molecule has 0 saturated carbocycles. The second-order valence-electron chi connectivity index (χ2n) is 3.70. The SMILES string of the molecule is CC1CC(=O)Nc2c1c(I)nc(=N)n2C. The Morgan fingerprint density at radius 3 is 3.00 bits per heavy atom. The number of halogens is 1. The molecule has 80 valence electrons. The van der Waals surface area contributed by atoms with Gasteiger partial charge in [-0.2, -0.15) is 0 Å². The van der Waals surface area contributed by atoms with Gasteiger partial charge in [0.05, 0.1) is 0 Å². The molecule has 1 aromatic heterocycles. The number of aromatic nitrogens is 2. The number of carbonyl (C=O) groups excluding carboxylic acids is 1. The van der Waals surface area contributed by atoms with E-state index in [0.29, 0.717) is 12.2 Å². The molecular weight excluding hydrogens is 307 g/mol. The summed E-state index contributed by atoms with van der Waals surface area (Å²) in [7, 11) is 1.74. The number of hydrogen-bond donors (Lipinski definition) is 2. The Balaban J connectivity index is 2.74. The average Bonchev–Trinajstić information content (AvgIpc) is 2.12. The lowest BCUT2D eigenvalue weighted by molar-refractivity contribution is -0.116. The van der Waals surface area contributed by atoms with Gasteiger partial charge in [-0.15, -0.1) is 0 Å². The minimum absolute atomic E-state index is 0.00648. The molecule has 2 N–H and O–H groups in total. The van der Waals surface area contributed by atoms with Crippen LogP contribution in [0.15, 0.2) is 0 Å². The van der Waals surface area contributed by atoms with Crippen molar-refractivity contribution < 1.29 is 4.79 Å². The fraction of sp³-hybridized carbons (Fsp3) is 0.444. The molecule has 6 heteroatoms. The monoisotopic (exact) mass is 318 g/mol. The highest BCUT2D eigenvalue weighted by atomic mass is 127. The van der Waals surface area contributed by atoms with Gasteiger partial charge in [-0.25, -0.2) is 4.98 Å². The lowest BCUT2D eigenvalue weighted by atomic mass is 9.96. The third-order valence-corrected chi connectivity index (χ3v) is 3.40. The molecule has 1 unspecified atom stereocenters. The first kappa shape index (κ1) is 10.6. The normalized spacial score (nSPS) is 19.7. The van der Waals surface area contributed by atoms with Crippen molar-refractivity contribution >= 4 is 34.3 Å². The number of fused-ring (bicyclic) bond motifs is 1. The fourth-order valence-electron chi connectivity index (χ4n) is 1.76. The molecule has 1 amide bonds. The summed E-state index contributed by atoms with van der Waals surface area (Å²) in [5.41, 5.74) is 1.20. The summed E-state index contributed by atoms with van der Waals surface area (Å²) in [5, 5.41) is 10.4. The standard InChI is InChI=1S/C9H11IN4O/c1-4-3-5(15)12-8-6(4)7(10)13-9(11)14(8)2/h4,11H,3H2,1-2H3,(H,12,15). The van der Waals surface area contributed by atoms with E-state index in [1.807, 2.05) is 6.92 Å². The van der Waals surface area contributed by atoms with E-state index < -0.39 is 0 Å². The summed E-state index contributed by atoms with van der Waals surface area (Å²) >= 11 is 2.11. The maximum absolute atomic E-state index is 11.4. The number of hydrogen-bond acceptors (Lipinski definition) is 3. The van der Waals surface area contributed by atoms with Crippen LogP contribution in [-0.2, 0) is 11.8 Å². The zero-order chi connectivity index (χ0) is 11.2. The Kier molecular flexibility index (Phi) is 2.53. The Morgan fingerprint density at radius 1 is 1.67 bits per heavy atom. The van der Waals surface area contributed by atoms with Crippen LogP contribution in [0.3, 0.4) is 0 Å². The zero-order valence-electron chi connectivity index (χ0n) is 8.47. The van der Waals surface area contributed by atoms with Gasteiger partial charge >= 0.3 is 0 Å². The third kappa shape index (κ3) is 1.66. The molecule has 1 aromatic rings. The van der Waals surface area contributed by atoms with Crippen LogP contribution in [0.4, 0.5) is 5.82 Å². The van der Waals surface area contributed by atoms with Crippen molar-refractivity contribution in [1.82, 2.24) is 9.55 Å². The van der Waals surface area contributed by atoms with Crippen molar-refractivity contribution in [3.8, 4) is 0 Å². The summed E-state index contributed by atoms with van der Waals surface area (Å²) in [5.74, 6) is 0.884. The lowest BCUT2D eigenvalue weighted by Crippen LogP contribution is -2.32. The van der Waals surface area contributed by atoms with E-state index in [1.54, 1.807) is 11.6 Å². The van der Waals surface area contributed by atoms with Crippen LogP contribution < -0.4 is 10.9 Å². The molecule has 0 spiro atoms. The molecule has 1 aliphatic heterocycles. The smallest absolute Gasteiger partial charge is 0.226 e. The van der Waals surface area contributed by atoms with Crippen molar-refractivity contribution in [3.05, 3.63) is 14.9 Å². The third-order valence-electron chi connectivity index (χ3n) is 2.58. The predicted octanol–water partition coefficient (Wildman–Crippen LogP) is 0.950. The van der Waals surface area contributed by atoms with Crippen molar-refractivity contribution in [1.29, 1.82) is 5.41 Å². The maximum Gasteiger partial charge on any atom is 0.226 e. The highest BCUT2D eigenvalue weighted by molar-refractivity contribution is 14.1. The average molecular weight is 318 g/mol. The molecule has 0 aromatic carbocycles. The first-order valence-electron chi connectivity index (χ1n) is 4.61. The molecule has 0 saturated heterocycles. The van der Waals surface area contributed by atoms with E-state index in [-0.39, 0.29) is 17.4 Å². The summed E-state index contributed by atoms with van der Waals surface area (Å²) in [6.07, 6.45) is 0.488. The van der Waals surface area contributed by atoms with Gasteiger partial charge in [-0.1, -0.05) is 6.92 Å². The van der Waals surface area contributed by atoms with Crippen LogP contribution >= 0.6 is 22.6 Å². The van der Waals surface area contributed by atoms with Crippen molar-refractivity contribution in [2.75, 3.05) is 5.32 Å². The quantitative estimate of drug-likeness (QED) is 0.552. The Hall–Kier alpha value is -0.920. The topological polar surface area (TPSA) is 70.8 Å². The molecular formula is C9H11IN4O. The van der Waals surface area contributed by atoms with Gasteiger partial charge < -0.3 is 5.32 Å². The second-order valence-corrected chi connectivity index (χ2v) is 4.72. The van der Waals surface area contributed by atoms with E-state index in [0.717, 1.165) is 9.26 Å². The minimum Gasteiger partial charge on any atom is -0.312 e. The molecule has 0 aliphatic carbocycles. The van der Waals surface area contributed by atoms with E-state index in [4.69, 9.17) is 5.41 Å².